The molecule has 0 spiro atoms. The highest BCUT2D eigenvalue weighted by Gasteiger charge is 2.30. The second-order valence-electron chi connectivity index (χ2n) is 5.30. The predicted octanol–water partition coefficient (Wildman–Crippen LogP) is 4.08. The Labute approximate surface area is 125 Å². The van der Waals surface area contributed by atoms with E-state index in [-0.39, 0.29) is 0 Å². The van der Waals surface area contributed by atoms with E-state index in [2.05, 4.69) is 42.6 Å². The summed E-state index contributed by atoms with van der Waals surface area (Å²) in [5.74, 6) is 2.82. The monoisotopic (exact) mass is 287 g/mol. The first-order valence-electron chi connectivity index (χ1n) is 7.36. The molecule has 0 bridgehead atoms. The quantitative estimate of drug-likeness (QED) is 0.866. The van der Waals surface area contributed by atoms with Crippen LogP contribution in [0.5, 0.6) is 0 Å². The van der Waals surface area contributed by atoms with Gasteiger partial charge < -0.3 is 9.73 Å². The lowest BCUT2D eigenvalue weighted by Gasteiger charge is -2.24. The molecule has 0 aliphatic carbocycles. The minimum Gasteiger partial charge on any atom is -0.469 e. The molecule has 2 aromatic rings. The fourth-order valence-corrected chi connectivity index (χ4v) is 4.18. The minimum atomic E-state index is 0.456. The fourth-order valence-electron chi connectivity index (χ4n) is 2.85. The van der Waals surface area contributed by atoms with Crippen LogP contribution in [-0.2, 0) is 6.42 Å². The molecule has 1 aliphatic rings. The van der Waals surface area contributed by atoms with E-state index in [1.807, 2.05) is 17.8 Å². The molecule has 20 heavy (non-hydrogen) atoms. The fraction of sp³-hybridized carbons (Fsp3) is 0.412. The lowest BCUT2D eigenvalue weighted by molar-refractivity contribution is 0.407. The number of hydrogen-bond donors (Lipinski definition) is 1. The van der Waals surface area contributed by atoms with Gasteiger partial charge >= 0.3 is 0 Å². The molecule has 1 aromatic heterocycles. The van der Waals surface area contributed by atoms with Gasteiger partial charge in [-0.15, -0.1) is 11.8 Å². The minimum absolute atomic E-state index is 0.456. The third-order valence-electron chi connectivity index (χ3n) is 3.88. The van der Waals surface area contributed by atoms with Crippen LogP contribution in [0.2, 0.25) is 0 Å². The van der Waals surface area contributed by atoms with Crippen molar-refractivity contribution in [2.45, 2.75) is 36.6 Å². The second-order valence-corrected chi connectivity index (χ2v) is 6.36. The molecule has 1 aromatic carbocycles. The summed E-state index contributed by atoms with van der Waals surface area (Å²) in [6.07, 6.45) is 3.90. The molecule has 3 heteroatoms. The van der Waals surface area contributed by atoms with Crippen molar-refractivity contribution in [2.75, 3.05) is 12.3 Å². The molecular weight excluding hydrogens is 266 g/mol. The van der Waals surface area contributed by atoms with Crippen molar-refractivity contribution >= 4 is 11.8 Å². The van der Waals surface area contributed by atoms with Gasteiger partial charge in [-0.25, -0.2) is 0 Å². The number of furan rings is 1. The van der Waals surface area contributed by atoms with Crippen molar-refractivity contribution in [3.05, 3.63) is 54.0 Å². The third-order valence-corrected chi connectivity index (χ3v) is 5.09. The Balaban J connectivity index is 1.79. The number of thioether (sulfide) groups is 1. The first kappa shape index (κ1) is 13.8. The van der Waals surface area contributed by atoms with E-state index in [0.717, 1.165) is 25.1 Å². The molecule has 0 fully saturated rings. The van der Waals surface area contributed by atoms with Crippen LogP contribution in [0.4, 0.5) is 0 Å². The molecule has 2 heterocycles. The summed E-state index contributed by atoms with van der Waals surface area (Å²) in [5.41, 5.74) is 1.50. The second kappa shape index (κ2) is 6.51. The molecule has 2 nitrogen and oxygen atoms in total. The zero-order valence-electron chi connectivity index (χ0n) is 11.8. The Hall–Kier alpha value is -1.19. The van der Waals surface area contributed by atoms with Crippen molar-refractivity contribution in [3.63, 3.8) is 0 Å². The van der Waals surface area contributed by atoms with Gasteiger partial charge in [-0.1, -0.05) is 25.1 Å². The van der Waals surface area contributed by atoms with E-state index in [1.54, 1.807) is 6.26 Å². The average molecular weight is 287 g/mol. The number of nitrogens with one attached hydrogen (secondary N) is 1. The summed E-state index contributed by atoms with van der Waals surface area (Å²) >= 11 is 1.98. The van der Waals surface area contributed by atoms with Crippen LogP contribution in [0.3, 0.4) is 0 Å². The molecular formula is C17H21NOS. The zero-order valence-corrected chi connectivity index (χ0v) is 12.7. The van der Waals surface area contributed by atoms with E-state index in [4.69, 9.17) is 4.42 Å². The Kier molecular flexibility index (Phi) is 4.48. The topological polar surface area (TPSA) is 25.2 Å². The molecule has 2 unspecified atom stereocenters. The molecule has 2 atom stereocenters. The van der Waals surface area contributed by atoms with E-state index in [0.29, 0.717) is 12.0 Å². The summed E-state index contributed by atoms with van der Waals surface area (Å²) in [4.78, 5) is 1.44. The molecule has 0 radical (unpaired) electrons. The lowest BCUT2D eigenvalue weighted by atomic mass is 9.90. The van der Waals surface area contributed by atoms with Gasteiger partial charge in [-0.05, 0) is 36.7 Å². The summed E-state index contributed by atoms with van der Waals surface area (Å²) in [7, 11) is 0. The van der Waals surface area contributed by atoms with Gasteiger partial charge in [0.15, 0.2) is 0 Å². The van der Waals surface area contributed by atoms with Gasteiger partial charge in [0.1, 0.15) is 5.76 Å². The highest BCUT2D eigenvalue weighted by molar-refractivity contribution is 7.99. The first-order valence-corrected chi connectivity index (χ1v) is 8.34. The van der Waals surface area contributed by atoms with E-state index in [1.165, 1.54) is 16.2 Å². The van der Waals surface area contributed by atoms with E-state index in [9.17, 15) is 0 Å². The molecule has 1 aliphatic heterocycles. The molecule has 1 N–H and O–H groups in total. The maximum absolute atomic E-state index is 5.54. The highest BCUT2D eigenvalue weighted by Crippen LogP contribution is 2.41. The van der Waals surface area contributed by atoms with Crippen LogP contribution >= 0.6 is 11.8 Å². The Morgan fingerprint density at radius 2 is 2.20 bits per heavy atom. The highest BCUT2D eigenvalue weighted by atomic mass is 32.2. The van der Waals surface area contributed by atoms with Gasteiger partial charge in [0.05, 0.1) is 6.26 Å². The normalized spacial score (nSPS) is 18.9. The standard InChI is InChI=1S/C17H21NOS/c1-2-9-18-16(11-13-6-5-10-19-13)15-12-20-17-8-4-3-7-14(15)17/h3-8,10,15-16,18H,2,9,11-12H2,1H3. The first-order chi connectivity index (χ1) is 9.88. The van der Waals surface area contributed by atoms with Crippen molar-refractivity contribution in [3.8, 4) is 0 Å². The molecule has 106 valence electrons. The van der Waals surface area contributed by atoms with Crippen molar-refractivity contribution in [2.24, 2.45) is 0 Å². The smallest absolute Gasteiger partial charge is 0.105 e. The molecule has 3 rings (SSSR count). The van der Waals surface area contributed by atoms with Crippen LogP contribution in [0.25, 0.3) is 0 Å². The maximum atomic E-state index is 5.54. The van der Waals surface area contributed by atoms with Gasteiger partial charge in [0, 0.05) is 29.0 Å². The summed E-state index contributed by atoms with van der Waals surface area (Å²) in [6.45, 7) is 3.28. The predicted molar refractivity (Wildman–Crippen MR) is 84.4 cm³/mol. The van der Waals surface area contributed by atoms with Crippen LogP contribution in [0.1, 0.15) is 30.6 Å². The van der Waals surface area contributed by atoms with Crippen LogP contribution in [-0.4, -0.2) is 18.3 Å². The van der Waals surface area contributed by atoms with Gasteiger partial charge in [0.25, 0.3) is 0 Å². The SMILES string of the molecule is CCCNC(Cc1ccco1)C1CSc2ccccc21. The largest absolute Gasteiger partial charge is 0.469 e. The molecule has 0 saturated carbocycles. The van der Waals surface area contributed by atoms with Gasteiger partial charge in [-0.2, -0.15) is 0 Å². The molecule has 0 saturated heterocycles. The van der Waals surface area contributed by atoms with Crippen molar-refractivity contribution < 1.29 is 4.42 Å². The number of benzene rings is 1. The summed E-state index contributed by atoms with van der Waals surface area (Å²) < 4.78 is 5.54. The Morgan fingerprint density at radius 3 is 3.00 bits per heavy atom. The zero-order chi connectivity index (χ0) is 13.8. The number of rotatable bonds is 6. The van der Waals surface area contributed by atoms with Crippen LogP contribution < -0.4 is 5.32 Å². The lowest BCUT2D eigenvalue weighted by Crippen LogP contribution is -2.37. The van der Waals surface area contributed by atoms with Gasteiger partial charge in [-0.3, -0.25) is 0 Å². The van der Waals surface area contributed by atoms with E-state index >= 15 is 0 Å². The van der Waals surface area contributed by atoms with E-state index < -0.39 is 0 Å². The maximum Gasteiger partial charge on any atom is 0.105 e. The summed E-state index contributed by atoms with van der Waals surface area (Å²) in [5, 5.41) is 3.72. The average Bonchev–Trinajstić information content (AvgIpc) is 3.12. The third kappa shape index (κ3) is 2.94. The van der Waals surface area contributed by atoms with Crippen molar-refractivity contribution in [1.29, 1.82) is 0 Å². The Morgan fingerprint density at radius 1 is 1.30 bits per heavy atom. The number of fused-ring (bicyclic) bond motifs is 1. The summed E-state index contributed by atoms with van der Waals surface area (Å²) in [6, 6.07) is 13.3. The van der Waals surface area contributed by atoms with Crippen LogP contribution in [0.15, 0.2) is 52.0 Å². The van der Waals surface area contributed by atoms with Gasteiger partial charge in [0.2, 0.25) is 0 Å². The van der Waals surface area contributed by atoms with Crippen molar-refractivity contribution in [1.82, 2.24) is 5.32 Å². The number of hydrogen-bond acceptors (Lipinski definition) is 3. The van der Waals surface area contributed by atoms with Crippen LogP contribution in [0, 0.1) is 0 Å². The molecule has 0 amide bonds. The Bertz CT molecular complexity index is 538.